The van der Waals surface area contributed by atoms with Crippen molar-refractivity contribution < 1.29 is 10.0 Å². The van der Waals surface area contributed by atoms with Gasteiger partial charge in [0.1, 0.15) is 5.41 Å². The van der Waals surface area contributed by atoms with Crippen LogP contribution in [-0.2, 0) is 4.79 Å². The number of oxime groups is 1. The second-order valence-electron chi connectivity index (χ2n) is 5.35. The standard InChI is InChI=1S/C12H23N3O2/c1-8(2)9(3)7-14-11(16)12(5-4-6-12)10(13)15-17/h8-9,17H,4-7H2,1-3H3,(H2,13,15)(H,14,16). The summed E-state index contributed by atoms with van der Waals surface area (Å²) in [6, 6.07) is 0. The van der Waals surface area contributed by atoms with E-state index in [0.717, 1.165) is 6.42 Å². The average molecular weight is 241 g/mol. The van der Waals surface area contributed by atoms with Gasteiger partial charge in [0.2, 0.25) is 5.91 Å². The van der Waals surface area contributed by atoms with Crippen LogP contribution in [0.5, 0.6) is 0 Å². The highest BCUT2D eigenvalue weighted by Crippen LogP contribution is 2.41. The van der Waals surface area contributed by atoms with Gasteiger partial charge in [0.15, 0.2) is 5.84 Å². The van der Waals surface area contributed by atoms with E-state index in [2.05, 4.69) is 31.2 Å². The summed E-state index contributed by atoms with van der Waals surface area (Å²) < 4.78 is 0. The smallest absolute Gasteiger partial charge is 0.233 e. The fraction of sp³-hybridized carbons (Fsp3) is 0.833. The van der Waals surface area contributed by atoms with E-state index in [1.54, 1.807) is 0 Å². The molecule has 0 aromatic carbocycles. The van der Waals surface area contributed by atoms with Gasteiger partial charge in [0.05, 0.1) is 0 Å². The van der Waals surface area contributed by atoms with Crippen molar-refractivity contribution in [3.05, 3.63) is 0 Å². The highest BCUT2D eigenvalue weighted by molar-refractivity contribution is 6.07. The van der Waals surface area contributed by atoms with Gasteiger partial charge in [0.25, 0.3) is 0 Å². The first kappa shape index (κ1) is 13.8. The largest absolute Gasteiger partial charge is 0.409 e. The van der Waals surface area contributed by atoms with E-state index in [-0.39, 0.29) is 11.7 Å². The molecular formula is C12H23N3O2. The fourth-order valence-electron chi connectivity index (χ4n) is 1.88. The lowest BCUT2D eigenvalue weighted by Crippen LogP contribution is -2.54. The van der Waals surface area contributed by atoms with Crippen molar-refractivity contribution in [2.24, 2.45) is 28.1 Å². The maximum absolute atomic E-state index is 12.1. The molecule has 98 valence electrons. The fourth-order valence-corrected chi connectivity index (χ4v) is 1.88. The number of hydrogen-bond acceptors (Lipinski definition) is 3. The van der Waals surface area contributed by atoms with Crippen LogP contribution < -0.4 is 11.1 Å². The zero-order valence-electron chi connectivity index (χ0n) is 10.9. The van der Waals surface area contributed by atoms with Crippen LogP contribution in [0.1, 0.15) is 40.0 Å². The van der Waals surface area contributed by atoms with Crippen LogP contribution in [0.3, 0.4) is 0 Å². The molecule has 5 nitrogen and oxygen atoms in total. The van der Waals surface area contributed by atoms with E-state index in [9.17, 15) is 4.79 Å². The SMILES string of the molecule is CC(C)C(C)CNC(=O)C1(C(N)=NO)CCC1. The Hall–Kier alpha value is -1.26. The molecule has 1 rings (SSSR count). The molecule has 4 N–H and O–H groups in total. The average Bonchev–Trinajstić information content (AvgIpc) is 2.23. The van der Waals surface area contributed by atoms with Crippen LogP contribution in [0.2, 0.25) is 0 Å². The Balaban J connectivity index is 2.57. The molecule has 0 aromatic heterocycles. The molecule has 1 fully saturated rings. The molecule has 0 saturated heterocycles. The second kappa shape index (κ2) is 5.38. The summed E-state index contributed by atoms with van der Waals surface area (Å²) in [5, 5.41) is 14.6. The molecule has 1 amide bonds. The number of hydrogen-bond donors (Lipinski definition) is 3. The van der Waals surface area contributed by atoms with Crippen LogP contribution in [0.4, 0.5) is 0 Å². The summed E-state index contributed by atoms with van der Waals surface area (Å²) in [6.45, 7) is 6.98. The van der Waals surface area contributed by atoms with Gasteiger partial charge in [-0.05, 0) is 24.7 Å². The van der Waals surface area contributed by atoms with E-state index >= 15 is 0 Å². The zero-order valence-corrected chi connectivity index (χ0v) is 10.9. The van der Waals surface area contributed by atoms with E-state index < -0.39 is 5.41 Å². The minimum Gasteiger partial charge on any atom is -0.409 e. The summed E-state index contributed by atoms with van der Waals surface area (Å²) in [7, 11) is 0. The van der Waals surface area contributed by atoms with Gasteiger partial charge in [-0.3, -0.25) is 4.79 Å². The molecule has 1 saturated carbocycles. The molecule has 5 heteroatoms. The van der Waals surface area contributed by atoms with E-state index in [1.165, 1.54) is 0 Å². The summed E-state index contributed by atoms with van der Waals surface area (Å²) in [5.41, 5.74) is 4.86. The third-order valence-corrected chi connectivity index (χ3v) is 3.96. The number of nitrogens with one attached hydrogen (secondary N) is 1. The molecule has 0 aliphatic heterocycles. The molecule has 0 spiro atoms. The van der Waals surface area contributed by atoms with Crippen molar-refractivity contribution in [3.63, 3.8) is 0 Å². The van der Waals surface area contributed by atoms with Crippen molar-refractivity contribution in [2.75, 3.05) is 6.54 Å². The zero-order chi connectivity index (χ0) is 13.1. The minimum atomic E-state index is -0.758. The van der Waals surface area contributed by atoms with Crippen LogP contribution >= 0.6 is 0 Å². The highest BCUT2D eigenvalue weighted by Gasteiger charge is 2.48. The number of amides is 1. The first-order valence-electron chi connectivity index (χ1n) is 6.20. The van der Waals surface area contributed by atoms with Crippen molar-refractivity contribution in [2.45, 2.75) is 40.0 Å². The number of rotatable bonds is 5. The van der Waals surface area contributed by atoms with E-state index in [0.29, 0.717) is 31.2 Å². The Kier molecular flexibility index (Phi) is 4.37. The number of nitrogens with two attached hydrogens (primary N) is 1. The molecule has 0 heterocycles. The second-order valence-corrected chi connectivity index (χ2v) is 5.35. The van der Waals surface area contributed by atoms with Gasteiger partial charge in [-0.25, -0.2) is 0 Å². The van der Waals surface area contributed by atoms with Crippen molar-refractivity contribution in [1.82, 2.24) is 5.32 Å². The van der Waals surface area contributed by atoms with Crippen LogP contribution in [0, 0.1) is 17.3 Å². The molecule has 1 unspecified atom stereocenters. The van der Waals surface area contributed by atoms with Crippen LogP contribution in [0.15, 0.2) is 5.16 Å². The molecule has 0 aromatic rings. The molecule has 17 heavy (non-hydrogen) atoms. The van der Waals surface area contributed by atoms with Crippen LogP contribution in [-0.4, -0.2) is 23.5 Å². The van der Waals surface area contributed by atoms with Crippen molar-refractivity contribution in [3.8, 4) is 0 Å². The first-order valence-corrected chi connectivity index (χ1v) is 6.20. The molecule has 0 bridgehead atoms. The number of amidine groups is 1. The monoisotopic (exact) mass is 241 g/mol. The summed E-state index contributed by atoms with van der Waals surface area (Å²) >= 11 is 0. The quantitative estimate of drug-likeness (QED) is 0.293. The maximum atomic E-state index is 12.1. The topological polar surface area (TPSA) is 87.7 Å². The van der Waals surface area contributed by atoms with Crippen molar-refractivity contribution >= 4 is 11.7 Å². The maximum Gasteiger partial charge on any atom is 0.233 e. The number of carbonyl (C=O) groups is 1. The Bertz CT molecular complexity index is 309. The van der Waals surface area contributed by atoms with Gasteiger partial charge in [-0.15, -0.1) is 0 Å². The predicted molar refractivity (Wildman–Crippen MR) is 66.7 cm³/mol. The Morgan fingerprint density at radius 2 is 2.06 bits per heavy atom. The summed E-state index contributed by atoms with van der Waals surface area (Å²) in [4.78, 5) is 12.1. The van der Waals surface area contributed by atoms with Gasteiger partial charge >= 0.3 is 0 Å². The van der Waals surface area contributed by atoms with Crippen LogP contribution in [0.25, 0.3) is 0 Å². The van der Waals surface area contributed by atoms with Gasteiger partial charge < -0.3 is 16.3 Å². The Morgan fingerprint density at radius 1 is 1.47 bits per heavy atom. The highest BCUT2D eigenvalue weighted by atomic mass is 16.4. The summed E-state index contributed by atoms with van der Waals surface area (Å²) in [5.74, 6) is 0.880. The number of carbonyl (C=O) groups excluding carboxylic acids is 1. The van der Waals surface area contributed by atoms with Gasteiger partial charge in [-0.2, -0.15) is 0 Å². The van der Waals surface area contributed by atoms with Crippen molar-refractivity contribution in [1.29, 1.82) is 0 Å². The molecule has 1 aliphatic rings. The molecular weight excluding hydrogens is 218 g/mol. The Morgan fingerprint density at radius 3 is 2.41 bits per heavy atom. The Labute approximate surface area is 102 Å². The molecule has 1 atom stereocenters. The van der Waals surface area contributed by atoms with E-state index in [1.807, 2.05) is 0 Å². The normalized spacial score (nSPS) is 20.8. The minimum absolute atomic E-state index is 0.0402. The third-order valence-electron chi connectivity index (χ3n) is 3.96. The molecule has 0 radical (unpaired) electrons. The lowest BCUT2D eigenvalue weighted by atomic mass is 9.67. The summed E-state index contributed by atoms with van der Waals surface area (Å²) in [6.07, 6.45) is 2.29. The predicted octanol–water partition coefficient (Wildman–Crippen LogP) is 1.31. The number of nitrogens with zero attached hydrogens (tertiary/aromatic N) is 1. The van der Waals surface area contributed by atoms with E-state index in [4.69, 9.17) is 10.9 Å². The molecule has 1 aliphatic carbocycles. The lowest BCUT2D eigenvalue weighted by Gasteiger charge is -2.39. The lowest BCUT2D eigenvalue weighted by molar-refractivity contribution is -0.131. The van der Waals surface area contributed by atoms with Gasteiger partial charge in [-0.1, -0.05) is 32.3 Å². The third kappa shape index (κ3) is 2.70. The van der Waals surface area contributed by atoms with Gasteiger partial charge in [0, 0.05) is 6.54 Å². The first-order chi connectivity index (χ1) is 7.94.